The fourth-order valence-corrected chi connectivity index (χ4v) is 0.760. The summed E-state index contributed by atoms with van der Waals surface area (Å²) in [7, 11) is -4.17. The van der Waals surface area contributed by atoms with E-state index < -0.39 is 20.8 Å². The summed E-state index contributed by atoms with van der Waals surface area (Å²) in [6.45, 7) is 1.57. The minimum absolute atomic E-state index is 0.381. The molecule has 9 heavy (non-hydrogen) atoms. The highest BCUT2D eigenvalue weighted by Gasteiger charge is 2.37. The molecule has 0 aromatic heterocycles. The minimum atomic E-state index is -4.17. The van der Waals surface area contributed by atoms with E-state index in [9.17, 15) is 17.2 Å². The van der Waals surface area contributed by atoms with Gasteiger partial charge in [0.05, 0.1) is 5.75 Å². The summed E-state index contributed by atoms with van der Waals surface area (Å²) in [6, 6.07) is 0. The Bertz CT molecular complexity index is 177. The summed E-state index contributed by atoms with van der Waals surface area (Å²) in [5.74, 6) is -0.517. The molecule has 0 amide bonds. The summed E-state index contributed by atoms with van der Waals surface area (Å²) in [5, 5.41) is -3.58. The summed E-state index contributed by atoms with van der Waals surface area (Å²) >= 11 is 0. The van der Waals surface area contributed by atoms with Gasteiger partial charge in [0.15, 0.2) is 0 Å². The Labute approximate surface area is 52.8 Å². The molecule has 0 rings (SSSR count). The molecule has 0 unspecified atom stereocenters. The molecule has 0 aliphatic rings. The van der Waals surface area contributed by atoms with E-state index in [1.165, 1.54) is 6.92 Å². The van der Waals surface area contributed by atoms with Gasteiger partial charge in [-0.2, -0.15) is 8.78 Å². The van der Waals surface area contributed by atoms with Crippen molar-refractivity contribution in [1.29, 1.82) is 0 Å². The molecule has 0 spiro atoms. The predicted molar refractivity (Wildman–Crippen MR) is 30.1 cm³/mol. The maximum atomic E-state index is 11.9. The molecular formula is C4H8F2O2S. The van der Waals surface area contributed by atoms with Crippen LogP contribution in [0.15, 0.2) is 0 Å². The van der Waals surface area contributed by atoms with Gasteiger partial charge in [0, 0.05) is 6.92 Å². The molecule has 0 aliphatic carbocycles. The van der Waals surface area contributed by atoms with Gasteiger partial charge in [-0.3, -0.25) is 0 Å². The van der Waals surface area contributed by atoms with E-state index in [0.717, 1.165) is 0 Å². The third-order valence-corrected chi connectivity index (χ3v) is 2.78. The van der Waals surface area contributed by atoms with Crippen molar-refractivity contribution in [3.05, 3.63) is 0 Å². The average molecular weight is 158 g/mol. The molecule has 5 heteroatoms. The van der Waals surface area contributed by atoms with Crippen molar-refractivity contribution in [2.45, 2.75) is 19.1 Å². The van der Waals surface area contributed by atoms with Crippen LogP contribution in [0.2, 0.25) is 0 Å². The van der Waals surface area contributed by atoms with Crippen molar-refractivity contribution in [2.75, 3.05) is 5.75 Å². The van der Waals surface area contributed by atoms with E-state index in [1.54, 1.807) is 0 Å². The lowest BCUT2D eigenvalue weighted by atomic mass is 10.8. The minimum Gasteiger partial charge on any atom is -0.223 e. The van der Waals surface area contributed by atoms with Crippen LogP contribution in [0.1, 0.15) is 13.8 Å². The number of sulfone groups is 1. The highest BCUT2D eigenvalue weighted by Crippen LogP contribution is 2.20. The Morgan fingerprint density at radius 3 is 1.78 bits per heavy atom. The van der Waals surface area contributed by atoms with E-state index in [1.807, 2.05) is 0 Å². The Morgan fingerprint density at radius 1 is 1.44 bits per heavy atom. The second-order valence-corrected chi connectivity index (χ2v) is 4.23. The van der Waals surface area contributed by atoms with Crippen molar-refractivity contribution in [1.82, 2.24) is 0 Å². The van der Waals surface area contributed by atoms with Gasteiger partial charge in [0.1, 0.15) is 0 Å². The zero-order valence-electron chi connectivity index (χ0n) is 5.19. The van der Waals surface area contributed by atoms with Crippen LogP contribution in [0.25, 0.3) is 0 Å². The lowest BCUT2D eigenvalue weighted by molar-refractivity contribution is 0.114. The SMILES string of the molecule is CCS(=O)(=O)C(C)(F)F. The van der Waals surface area contributed by atoms with Gasteiger partial charge >= 0.3 is 5.25 Å². The molecule has 0 saturated carbocycles. The summed E-state index contributed by atoms with van der Waals surface area (Å²) in [5.41, 5.74) is 0. The van der Waals surface area contributed by atoms with Gasteiger partial charge in [-0.1, -0.05) is 6.92 Å². The lowest BCUT2D eigenvalue weighted by Gasteiger charge is -2.07. The van der Waals surface area contributed by atoms with Crippen LogP contribution < -0.4 is 0 Å². The second kappa shape index (κ2) is 2.21. The van der Waals surface area contributed by atoms with Gasteiger partial charge in [0.25, 0.3) is 0 Å². The summed E-state index contributed by atoms with van der Waals surface area (Å²) in [6.07, 6.45) is 0. The monoisotopic (exact) mass is 158 g/mol. The van der Waals surface area contributed by atoms with Crippen molar-refractivity contribution in [2.24, 2.45) is 0 Å². The number of hydrogen-bond acceptors (Lipinski definition) is 2. The smallest absolute Gasteiger partial charge is 0.223 e. The van der Waals surface area contributed by atoms with Crippen molar-refractivity contribution < 1.29 is 17.2 Å². The molecule has 0 saturated heterocycles. The van der Waals surface area contributed by atoms with E-state index in [4.69, 9.17) is 0 Å². The quantitative estimate of drug-likeness (QED) is 0.601. The Kier molecular flexibility index (Phi) is 2.16. The molecule has 0 bridgehead atoms. The first-order valence-corrected chi connectivity index (χ1v) is 4.06. The van der Waals surface area contributed by atoms with Crippen molar-refractivity contribution in [3.8, 4) is 0 Å². The average Bonchev–Trinajstić information content (AvgIpc) is 1.64. The van der Waals surface area contributed by atoms with E-state index in [0.29, 0.717) is 6.92 Å². The maximum Gasteiger partial charge on any atom is 0.342 e. The first kappa shape index (κ1) is 8.81. The van der Waals surface area contributed by atoms with Crippen LogP contribution in [0.4, 0.5) is 8.78 Å². The van der Waals surface area contributed by atoms with Gasteiger partial charge < -0.3 is 0 Å². The second-order valence-electron chi connectivity index (χ2n) is 1.71. The molecule has 0 aromatic rings. The Morgan fingerprint density at radius 2 is 1.78 bits per heavy atom. The topological polar surface area (TPSA) is 34.1 Å². The molecule has 0 radical (unpaired) electrons. The van der Waals surface area contributed by atoms with Crippen molar-refractivity contribution >= 4 is 9.84 Å². The third kappa shape index (κ3) is 1.89. The predicted octanol–water partition coefficient (Wildman–Crippen LogP) is 1.03. The number of rotatable bonds is 2. The normalized spacial score (nSPS) is 13.8. The zero-order valence-corrected chi connectivity index (χ0v) is 6.00. The molecule has 0 atom stereocenters. The van der Waals surface area contributed by atoms with E-state index >= 15 is 0 Å². The molecule has 2 nitrogen and oxygen atoms in total. The number of alkyl halides is 2. The van der Waals surface area contributed by atoms with E-state index in [2.05, 4.69) is 0 Å². The van der Waals surface area contributed by atoms with Crippen LogP contribution >= 0.6 is 0 Å². The first-order chi connectivity index (χ1) is 3.81. The Hall–Kier alpha value is -0.190. The largest absolute Gasteiger partial charge is 0.342 e. The van der Waals surface area contributed by atoms with Crippen LogP contribution in [-0.4, -0.2) is 19.4 Å². The van der Waals surface area contributed by atoms with Gasteiger partial charge in [-0.15, -0.1) is 0 Å². The highest BCUT2D eigenvalue weighted by molar-refractivity contribution is 7.92. The fraction of sp³-hybridized carbons (Fsp3) is 1.00. The molecule has 0 aromatic carbocycles. The van der Waals surface area contributed by atoms with Crippen LogP contribution in [0.5, 0.6) is 0 Å². The van der Waals surface area contributed by atoms with Gasteiger partial charge in [0.2, 0.25) is 9.84 Å². The van der Waals surface area contributed by atoms with Crippen molar-refractivity contribution in [3.63, 3.8) is 0 Å². The first-order valence-electron chi connectivity index (χ1n) is 2.41. The molecule has 0 N–H and O–H groups in total. The molecular weight excluding hydrogens is 150 g/mol. The molecule has 0 heterocycles. The zero-order chi connectivity index (χ0) is 7.71. The third-order valence-electron chi connectivity index (χ3n) is 0.926. The summed E-state index contributed by atoms with van der Waals surface area (Å²) < 4.78 is 44.4. The number of halogens is 2. The van der Waals surface area contributed by atoms with Crippen LogP contribution in [0.3, 0.4) is 0 Å². The molecule has 56 valence electrons. The maximum absolute atomic E-state index is 11.9. The lowest BCUT2D eigenvalue weighted by Crippen LogP contribution is -2.26. The Balaban J connectivity index is 4.57. The highest BCUT2D eigenvalue weighted by atomic mass is 32.2. The summed E-state index contributed by atoms with van der Waals surface area (Å²) in [4.78, 5) is 0. The molecule has 0 aliphatic heterocycles. The van der Waals surface area contributed by atoms with Gasteiger partial charge in [-0.05, 0) is 0 Å². The van der Waals surface area contributed by atoms with Crippen LogP contribution in [-0.2, 0) is 9.84 Å². The fourth-order valence-electron chi connectivity index (χ4n) is 0.253. The van der Waals surface area contributed by atoms with Crippen LogP contribution in [0, 0.1) is 0 Å². The standard InChI is InChI=1S/C4H8F2O2S/c1-3-9(7,8)4(2,5)6/h3H2,1-2H3. The van der Waals surface area contributed by atoms with Gasteiger partial charge in [-0.25, -0.2) is 8.42 Å². The molecule has 0 fully saturated rings. The van der Waals surface area contributed by atoms with E-state index in [-0.39, 0.29) is 0 Å². The number of hydrogen-bond donors (Lipinski definition) is 0.